The summed E-state index contributed by atoms with van der Waals surface area (Å²) in [6.07, 6.45) is 2.87. The van der Waals surface area contributed by atoms with Crippen molar-refractivity contribution in [2.75, 3.05) is 14.2 Å². The third-order valence-corrected chi connectivity index (χ3v) is 3.90. The van der Waals surface area contributed by atoms with Crippen LogP contribution in [0.5, 0.6) is 11.5 Å². The first-order valence-electron chi connectivity index (χ1n) is 7.76. The van der Waals surface area contributed by atoms with Gasteiger partial charge in [-0.25, -0.2) is 0 Å². The zero-order chi connectivity index (χ0) is 16.9. The average molecular weight is 352 g/mol. The average Bonchev–Trinajstić information content (AvgIpc) is 2.54. The molecule has 2 aromatic carbocycles. The molecule has 0 saturated heterocycles. The molecule has 1 unspecified atom stereocenters. The largest absolute Gasteiger partial charge is 0.496 e. The van der Waals surface area contributed by atoms with Crippen molar-refractivity contribution >= 4 is 12.4 Å². The fraction of sp³-hybridized carbons (Fsp3) is 0.368. The van der Waals surface area contributed by atoms with Gasteiger partial charge in [-0.15, -0.1) is 12.4 Å². The lowest BCUT2D eigenvalue weighted by Crippen LogP contribution is -2.32. The van der Waals surface area contributed by atoms with E-state index in [9.17, 15) is 5.11 Å². The summed E-state index contributed by atoms with van der Waals surface area (Å²) < 4.78 is 10.8. The van der Waals surface area contributed by atoms with E-state index >= 15 is 0 Å². The van der Waals surface area contributed by atoms with Gasteiger partial charge in [0, 0.05) is 5.56 Å². The summed E-state index contributed by atoms with van der Waals surface area (Å²) in [5.41, 5.74) is 7.22. The van der Waals surface area contributed by atoms with Gasteiger partial charge in [0.05, 0.1) is 14.2 Å². The van der Waals surface area contributed by atoms with Crippen LogP contribution >= 0.6 is 12.4 Å². The first-order chi connectivity index (χ1) is 11.0. The second-order valence-electron chi connectivity index (χ2n) is 5.85. The molecule has 5 heteroatoms. The molecule has 1 atom stereocenters. The predicted molar refractivity (Wildman–Crippen MR) is 99.0 cm³/mol. The van der Waals surface area contributed by atoms with Crippen molar-refractivity contribution in [2.24, 2.45) is 5.73 Å². The van der Waals surface area contributed by atoms with E-state index in [-0.39, 0.29) is 12.4 Å². The zero-order valence-electron chi connectivity index (χ0n) is 14.4. The summed E-state index contributed by atoms with van der Waals surface area (Å²) >= 11 is 0. The highest BCUT2D eigenvalue weighted by Crippen LogP contribution is 2.34. The number of nitrogens with two attached hydrogens (primary N) is 1. The Bertz CT molecular complexity index is 639. The Kier molecular flexibility index (Phi) is 7.55. The molecule has 0 spiro atoms. The summed E-state index contributed by atoms with van der Waals surface area (Å²) in [5.74, 6) is 1.30. The van der Waals surface area contributed by atoms with Crippen molar-refractivity contribution in [3.05, 3.63) is 59.2 Å². The number of hydrogen-bond donors (Lipinski definition) is 2. The lowest BCUT2D eigenvalue weighted by Gasteiger charge is -2.23. The maximum absolute atomic E-state index is 10.1. The van der Waals surface area contributed by atoms with Gasteiger partial charge >= 0.3 is 0 Å². The second kappa shape index (κ2) is 8.92. The van der Waals surface area contributed by atoms with Crippen molar-refractivity contribution in [1.82, 2.24) is 0 Å². The molecule has 3 N–H and O–H groups in total. The van der Waals surface area contributed by atoms with Crippen LogP contribution in [0.4, 0.5) is 0 Å². The van der Waals surface area contributed by atoms with Gasteiger partial charge in [-0.1, -0.05) is 30.3 Å². The standard InChI is InChI=1S/C19H25NO3.ClH/c1-19(20,21)16-13-17(22-2)15(12-18(16)23-3)11-7-10-14-8-5-4-6-9-14;/h4-6,8-9,12-13,21H,7,10-11,20H2,1-3H3;1H. The van der Waals surface area contributed by atoms with Crippen molar-refractivity contribution in [2.45, 2.75) is 31.9 Å². The Labute approximate surface area is 150 Å². The van der Waals surface area contributed by atoms with E-state index in [1.165, 1.54) is 12.5 Å². The van der Waals surface area contributed by atoms with Crippen molar-refractivity contribution < 1.29 is 14.6 Å². The number of ether oxygens (including phenoxy) is 2. The Balaban J connectivity index is 0.00000288. The minimum Gasteiger partial charge on any atom is -0.496 e. The molecule has 2 rings (SSSR count). The van der Waals surface area contributed by atoms with E-state index in [0.717, 1.165) is 30.6 Å². The monoisotopic (exact) mass is 351 g/mol. The van der Waals surface area contributed by atoms with Crippen LogP contribution in [0.3, 0.4) is 0 Å². The highest BCUT2D eigenvalue weighted by molar-refractivity contribution is 5.85. The lowest BCUT2D eigenvalue weighted by atomic mass is 9.97. The highest BCUT2D eigenvalue weighted by atomic mass is 35.5. The topological polar surface area (TPSA) is 64.7 Å². The van der Waals surface area contributed by atoms with E-state index < -0.39 is 5.72 Å². The fourth-order valence-electron chi connectivity index (χ4n) is 2.68. The van der Waals surface area contributed by atoms with Crippen LogP contribution in [0.15, 0.2) is 42.5 Å². The molecule has 0 amide bonds. The molecule has 0 heterocycles. The SMILES string of the molecule is COc1cc(C(C)(N)O)c(OC)cc1CCCc1ccccc1.Cl. The molecule has 24 heavy (non-hydrogen) atoms. The Hall–Kier alpha value is -1.75. The van der Waals surface area contributed by atoms with Gasteiger partial charge in [0.25, 0.3) is 0 Å². The summed E-state index contributed by atoms with van der Waals surface area (Å²) in [4.78, 5) is 0. The van der Waals surface area contributed by atoms with E-state index in [1.807, 2.05) is 12.1 Å². The van der Waals surface area contributed by atoms with Crippen LogP contribution in [0.2, 0.25) is 0 Å². The highest BCUT2D eigenvalue weighted by Gasteiger charge is 2.24. The molecule has 0 aliphatic carbocycles. The van der Waals surface area contributed by atoms with Gasteiger partial charge in [-0.3, -0.25) is 5.73 Å². The van der Waals surface area contributed by atoms with Crippen LogP contribution in [0.25, 0.3) is 0 Å². The number of hydrogen-bond acceptors (Lipinski definition) is 4. The van der Waals surface area contributed by atoms with Crippen molar-refractivity contribution in [3.63, 3.8) is 0 Å². The number of benzene rings is 2. The molecule has 0 aliphatic heterocycles. The van der Waals surface area contributed by atoms with E-state index in [4.69, 9.17) is 15.2 Å². The van der Waals surface area contributed by atoms with Crippen molar-refractivity contribution in [3.8, 4) is 11.5 Å². The number of aliphatic hydroxyl groups is 1. The van der Waals surface area contributed by atoms with Gasteiger partial charge in [0.1, 0.15) is 17.2 Å². The number of rotatable bonds is 7. The molecule has 2 aromatic rings. The van der Waals surface area contributed by atoms with Gasteiger partial charge in [0.15, 0.2) is 0 Å². The van der Waals surface area contributed by atoms with Crippen molar-refractivity contribution in [1.29, 1.82) is 0 Å². The third kappa shape index (κ3) is 5.13. The Morgan fingerprint density at radius 3 is 2.17 bits per heavy atom. The van der Waals surface area contributed by atoms with Gasteiger partial charge in [-0.05, 0) is 49.4 Å². The fourth-order valence-corrected chi connectivity index (χ4v) is 2.68. The molecule has 0 saturated carbocycles. The normalized spacial score (nSPS) is 12.9. The molecule has 0 bridgehead atoms. The summed E-state index contributed by atoms with van der Waals surface area (Å²) in [5, 5.41) is 10.1. The molecule has 0 aromatic heterocycles. The second-order valence-corrected chi connectivity index (χ2v) is 5.85. The van der Waals surface area contributed by atoms with Crippen LogP contribution in [0, 0.1) is 0 Å². The number of aryl methyl sites for hydroxylation is 2. The summed E-state index contributed by atoms with van der Waals surface area (Å²) in [6, 6.07) is 14.1. The maximum atomic E-state index is 10.1. The third-order valence-electron chi connectivity index (χ3n) is 3.90. The number of methoxy groups -OCH3 is 2. The van der Waals surface area contributed by atoms with E-state index in [2.05, 4.69) is 24.3 Å². The molecular formula is C19H26ClNO3. The van der Waals surface area contributed by atoms with E-state index in [1.54, 1.807) is 20.3 Å². The summed E-state index contributed by atoms with van der Waals surface area (Å²) in [6.45, 7) is 1.53. The molecule has 4 nitrogen and oxygen atoms in total. The molecule has 0 fully saturated rings. The van der Waals surface area contributed by atoms with Crippen LogP contribution in [0.1, 0.15) is 30.0 Å². The summed E-state index contributed by atoms with van der Waals surface area (Å²) in [7, 11) is 3.20. The first-order valence-corrected chi connectivity index (χ1v) is 7.76. The minimum absolute atomic E-state index is 0. The van der Waals surface area contributed by atoms with Gasteiger partial charge in [-0.2, -0.15) is 0 Å². The van der Waals surface area contributed by atoms with Crippen LogP contribution < -0.4 is 15.2 Å². The predicted octanol–water partition coefficient (Wildman–Crippen LogP) is 3.42. The molecule has 132 valence electrons. The zero-order valence-corrected chi connectivity index (χ0v) is 15.2. The lowest BCUT2D eigenvalue weighted by molar-refractivity contribution is 0.0616. The van der Waals surface area contributed by atoms with Gasteiger partial charge in [0.2, 0.25) is 0 Å². The van der Waals surface area contributed by atoms with Crippen LogP contribution in [-0.2, 0) is 18.6 Å². The van der Waals surface area contributed by atoms with Crippen LogP contribution in [-0.4, -0.2) is 19.3 Å². The Morgan fingerprint density at radius 2 is 1.62 bits per heavy atom. The molecule has 0 radical (unpaired) electrons. The quantitative estimate of drug-likeness (QED) is 0.750. The van der Waals surface area contributed by atoms with Gasteiger partial charge < -0.3 is 14.6 Å². The number of halogens is 1. The molecular weight excluding hydrogens is 326 g/mol. The molecule has 0 aliphatic rings. The maximum Gasteiger partial charge on any atom is 0.140 e. The Morgan fingerprint density at radius 1 is 1.00 bits per heavy atom. The first kappa shape index (κ1) is 20.3. The smallest absolute Gasteiger partial charge is 0.140 e. The minimum atomic E-state index is -1.47. The van der Waals surface area contributed by atoms with E-state index in [0.29, 0.717) is 11.3 Å².